The molecule has 1 heterocycles. The summed E-state index contributed by atoms with van der Waals surface area (Å²) in [5, 5.41) is 3.16. The third-order valence-electron chi connectivity index (χ3n) is 3.60. The highest BCUT2D eigenvalue weighted by Crippen LogP contribution is 2.38. The topological polar surface area (TPSA) is 73.3 Å². The number of hydrogen-bond donors (Lipinski definition) is 1. The van der Waals surface area contributed by atoms with Crippen LogP contribution >= 0.6 is 11.6 Å². The lowest BCUT2D eigenvalue weighted by atomic mass is 10.2. The summed E-state index contributed by atoms with van der Waals surface area (Å²) in [5.74, 6) is 1.82. The molecule has 1 aliphatic carbocycles. The first-order valence-corrected chi connectivity index (χ1v) is 7.55. The molecule has 7 heteroatoms. The average molecular weight is 334 g/mol. The van der Waals surface area contributed by atoms with Crippen molar-refractivity contribution in [2.24, 2.45) is 0 Å². The normalized spacial score (nSPS) is 13.5. The first-order valence-electron chi connectivity index (χ1n) is 7.17. The first kappa shape index (κ1) is 15.6. The molecule has 0 spiro atoms. The zero-order valence-corrected chi connectivity index (χ0v) is 13.6. The first-order chi connectivity index (χ1) is 11.1. The van der Waals surface area contributed by atoms with Crippen LogP contribution in [0.4, 0.5) is 5.69 Å². The van der Waals surface area contributed by atoms with Crippen molar-refractivity contribution < 1.29 is 14.3 Å². The summed E-state index contributed by atoms with van der Waals surface area (Å²) in [7, 11) is 3.01. The molecule has 0 radical (unpaired) electrons. The zero-order chi connectivity index (χ0) is 16.4. The number of hydrogen-bond acceptors (Lipinski definition) is 5. The minimum Gasteiger partial charge on any atom is -0.495 e. The Morgan fingerprint density at radius 1 is 1.17 bits per heavy atom. The molecule has 1 amide bonds. The minimum absolute atomic E-state index is 0.324. The summed E-state index contributed by atoms with van der Waals surface area (Å²) >= 11 is 6.05. The van der Waals surface area contributed by atoms with Gasteiger partial charge in [-0.05, 0) is 12.8 Å². The Morgan fingerprint density at radius 2 is 1.83 bits per heavy atom. The Balaban J connectivity index is 1.81. The molecule has 3 rings (SSSR count). The van der Waals surface area contributed by atoms with Crippen molar-refractivity contribution >= 4 is 23.2 Å². The molecule has 0 aliphatic heterocycles. The van der Waals surface area contributed by atoms with E-state index in [1.54, 1.807) is 12.1 Å². The van der Waals surface area contributed by atoms with Gasteiger partial charge in [-0.1, -0.05) is 11.6 Å². The van der Waals surface area contributed by atoms with Gasteiger partial charge in [0.05, 0.1) is 30.5 Å². The summed E-state index contributed by atoms with van der Waals surface area (Å²) in [5.41, 5.74) is 0.843. The third-order valence-corrected chi connectivity index (χ3v) is 3.89. The Morgan fingerprint density at radius 3 is 2.39 bits per heavy atom. The van der Waals surface area contributed by atoms with Gasteiger partial charge in [0.1, 0.15) is 17.3 Å². The number of carbonyl (C=O) groups excluding carboxylic acids is 1. The predicted octanol–water partition coefficient (Wildman–Crippen LogP) is 3.28. The summed E-state index contributed by atoms with van der Waals surface area (Å²) in [6, 6.07) is 3.20. The van der Waals surface area contributed by atoms with Gasteiger partial charge >= 0.3 is 0 Å². The number of carbonyl (C=O) groups is 1. The fourth-order valence-electron chi connectivity index (χ4n) is 2.16. The van der Waals surface area contributed by atoms with Crippen molar-refractivity contribution in [3.8, 4) is 11.5 Å². The van der Waals surface area contributed by atoms with Crippen molar-refractivity contribution in [3.05, 3.63) is 40.9 Å². The number of halogens is 1. The highest BCUT2D eigenvalue weighted by molar-refractivity contribution is 6.32. The van der Waals surface area contributed by atoms with E-state index in [-0.39, 0.29) is 5.91 Å². The molecule has 6 nitrogen and oxygen atoms in total. The molecule has 1 fully saturated rings. The molecule has 0 bridgehead atoms. The van der Waals surface area contributed by atoms with E-state index in [2.05, 4.69) is 15.3 Å². The fraction of sp³-hybridized carbons (Fsp3) is 0.312. The van der Waals surface area contributed by atoms with E-state index in [4.69, 9.17) is 21.1 Å². The number of benzene rings is 1. The molecule has 1 N–H and O–H groups in total. The maximum Gasteiger partial charge on any atom is 0.258 e. The van der Waals surface area contributed by atoms with E-state index in [1.807, 2.05) is 0 Å². The lowest BCUT2D eigenvalue weighted by molar-refractivity contribution is 0.102. The minimum atomic E-state index is -0.324. The third kappa shape index (κ3) is 3.37. The molecule has 1 saturated carbocycles. The van der Waals surface area contributed by atoms with Crippen LogP contribution in [0.2, 0.25) is 5.02 Å². The van der Waals surface area contributed by atoms with E-state index in [0.29, 0.717) is 33.7 Å². The summed E-state index contributed by atoms with van der Waals surface area (Å²) in [6.45, 7) is 0. The number of amides is 1. The van der Waals surface area contributed by atoms with Crippen LogP contribution in [-0.4, -0.2) is 30.1 Å². The van der Waals surface area contributed by atoms with Crippen LogP contribution in [0.5, 0.6) is 11.5 Å². The number of aromatic nitrogens is 2. The number of nitrogens with one attached hydrogen (secondary N) is 1. The van der Waals surface area contributed by atoms with Crippen molar-refractivity contribution in [2.45, 2.75) is 18.8 Å². The van der Waals surface area contributed by atoms with Crippen LogP contribution in [0.15, 0.2) is 24.5 Å². The van der Waals surface area contributed by atoms with Gasteiger partial charge in [-0.15, -0.1) is 0 Å². The highest BCUT2D eigenvalue weighted by atomic mass is 35.5. The van der Waals surface area contributed by atoms with Crippen LogP contribution in [0, 0.1) is 0 Å². The number of nitrogens with zero attached hydrogens (tertiary/aromatic N) is 2. The zero-order valence-electron chi connectivity index (χ0n) is 12.8. The van der Waals surface area contributed by atoms with Gasteiger partial charge < -0.3 is 14.8 Å². The summed E-state index contributed by atoms with van der Waals surface area (Å²) in [6.07, 6.45) is 5.31. The number of anilines is 1. The Labute approximate surface area is 138 Å². The molecule has 1 aromatic carbocycles. The molecule has 1 aromatic heterocycles. The maximum absolute atomic E-state index is 12.3. The molecule has 120 valence electrons. The van der Waals surface area contributed by atoms with Gasteiger partial charge in [0.2, 0.25) is 0 Å². The standard InChI is InChI=1S/C16H16ClN3O3/c1-22-13-6-12(14(23-2)5-11(13)17)20-16(21)10-7-18-15(19-8-10)9-3-4-9/h5-9H,3-4H2,1-2H3,(H,20,21). The lowest BCUT2D eigenvalue weighted by Crippen LogP contribution is -2.14. The van der Waals surface area contributed by atoms with E-state index in [0.717, 1.165) is 18.7 Å². The SMILES string of the molecule is COc1cc(NC(=O)c2cnc(C3CC3)nc2)c(OC)cc1Cl. The quantitative estimate of drug-likeness (QED) is 0.909. The van der Waals surface area contributed by atoms with Gasteiger partial charge in [0.15, 0.2) is 0 Å². The average Bonchev–Trinajstić information content (AvgIpc) is 3.41. The summed E-state index contributed by atoms with van der Waals surface area (Å²) < 4.78 is 10.4. The van der Waals surface area contributed by atoms with E-state index < -0.39 is 0 Å². The van der Waals surface area contributed by atoms with E-state index >= 15 is 0 Å². The van der Waals surface area contributed by atoms with Gasteiger partial charge in [0, 0.05) is 30.4 Å². The second kappa shape index (κ2) is 6.42. The smallest absolute Gasteiger partial charge is 0.258 e. The van der Waals surface area contributed by atoms with Crippen molar-refractivity contribution in [2.75, 3.05) is 19.5 Å². The molecule has 0 saturated heterocycles. The lowest BCUT2D eigenvalue weighted by Gasteiger charge is -2.13. The second-order valence-electron chi connectivity index (χ2n) is 5.25. The van der Waals surface area contributed by atoms with Crippen LogP contribution in [0.3, 0.4) is 0 Å². The van der Waals surface area contributed by atoms with Crippen LogP contribution in [-0.2, 0) is 0 Å². The number of ether oxygens (including phenoxy) is 2. The van der Waals surface area contributed by atoms with Crippen molar-refractivity contribution in [3.63, 3.8) is 0 Å². The van der Waals surface area contributed by atoms with E-state index in [9.17, 15) is 4.79 Å². The largest absolute Gasteiger partial charge is 0.495 e. The Kier molecular flexibility index (Phi) is 4.34. The second-order valence-corrected chi connectivity index (χ2v) is 5.65. The number of methoxy groups -OCH3 is 2. The van der Waals surface area contributed by atoms with Crippen molar-refractivity contribution in [1.29, 1.82) is 0 Å². The molecule has 0 atom stereocenters. The molecule has 0 unspecified atom stereocenters. The number of rotatable bonds is 5. The molecular weight excluding hydrogens is 318 g/mol. The Bertz CT molecular complexity index is 730. The van der Waals surface area contributed by atoms with Crippen LogP contribution in [0.1, 0.15) is 34.9 Å². The highest BCUT2D eigenvalue weighted by Gasteiger charge is 2.26. The van der Waals surface area contributed by atoms with Crippen LogP contribution < -0.4 is 14.8 Å². The van der Waals surface area contributed by atoms with Gasteiger partial charge in [-0.2, -0.15) is 0 Å². The van der Waals surface area contributed by atoms with Crippen LogP contribution in [0.25, 0.3) is 0 Å². The predicted molar refractivity (Wildman–Crippen MR) is 86.5 cm³/mol. The molecule has 1 aliphatic rings. The Hall–Kier alpha value is -2.34. The van der Waals surface area contributed by atoms with Crippen molar-refractivity contribution in [1.82, 2.24) is 9.97 Å². The monoisotopic (exact) mass is 333 g/mol. The molecular formula is C16H16ClN3O3. The maximum atomic E-state index is 12.3. The van der Waals surface area contributed by atoms with Gasteiger partial charge in [-0.3, -0.25) is 4.79 Å². The van der Waals surface area contributed by atoms with E-state index in [1.165, 1.54) is 26.6 Å². The molecule has 2 aromatic rings. The van der Waals surface area contributed by atoms with Gasteiger partial charge in [-0.25, -0.2) is 9.97 Å². The fourth-order valence-corrected chi connectivity index (χ4v) is 2.39. The van der Waals surface area contributed by atoms with Gasteiger partial charge in [0.25, 0.3) is 5.91 Å². The summed E-state index contributed by atoms with van der Waals surface area (Å²) in [4.78, 5) is 20.8. The molecule has 23 heavy (non-hydrogen) atoms.